The van der Waals surface area contributed by atoms with Crippen molar-refractivity contribution in [2.45, 2.75) is 17.7 Å². The van der Waals surface area contributed by atoms with Crippen molar-refractivity contribution in [1.29, 1.82) is 0 Å². The molecule has 136 valence electrons. The standard InChI is InChI=1S/C17H17BrN4O3S/c18-12-3-4-14-13(10-12)16(15(22-14)17(19)23)26(24,25)21-7-1-2-11-5-8-20-9-6-11/h3-6,8-10,21-22H,1-2,7H2,(H2,19,23). The summed E-state index contributed by atoms with van der Waals surface area (Å²) in [5, 5.41) is 0.412. The number of aromatic amines is 1. The van der Waals surface area contributed by atoms with E-state index >= 15 is 0 Å². The summed E-state index contributed by atoms with van der Waals surface area (Å²) in [5.74, 6) is -0.825. The van der Waals surface area contributed by atoms with Gasteiger partial charge in [-0.1, -0.05) is 15.9 Å². The van der Waals surface area contributed by atoms with Gasteiger partial charge in [0.15, 0.2) is 0 Å². The van der Waals surface area contributed by atoms with E-state index in [1.165, 1.54) is 0 Å². The Labute approximate surface area is 159 Å². The lowest BCUT2D eigenvalue weighted by molar-refractivity contribution is 0.0993. The van der Waals surface area contributed by atoms with Gasteiger partial charge in [0.05, 0.1) is 0 Å². The molecule has 9 heteroatoms. The Kier molecular flexibility index (Phi) is 5.40. The van der Waals surface area contributed by atoms with Crippen molar-refractivity contribution in [2.75, 3.05) is 6.54 Å². The molecular formula is C17H17BrN4O3S. The van der Waals surface area contributed by atoms with E-state index in [4.69, 9.17) is 5.73 Å². The van der Waals surface area contributed by atoms with E-state index in [2.05, 4.69) is 30.6 Å². The first-order chi connectivity index (χ1) is 12.4. The maximum Gasteiger partial charge on any atom is 0.266 e. The molecule has 0 saturated carbocycles. The molecule has 0 unspecified atom stereocenters. The number of nitrogens with zero attached hydrogens (tertiary/aromatic N) is 1. The fourth-order valence-corrected chi connectivity index (χ4v) is 4.51. The van der Waals surface area contributed by atoms with Crippen molar-refractivity contribution in [3.8, 4) is 0 Å². The van der Waals surface area contributed by atoms with Gasteiger partial charge in [-0.15, -0.1) is 0 Å². The molecule has 0 fully saturated rings. The summed E-state index contributed by atoms with van der Waals surface area (Å²) in [6.07, 6.45) is 4.72. The van der Waals surface area contributed by atoms with Gasteiger partial charge in [-0.3, -0.25) is 9.78 Å². The number of H-pyrrole nitrogens is 1. The molecule has 1 amide bonds. The van der Waals surface area contributed by atoms with Crippen molar-refractivity contribution < 1.29 is 13.2 Å². The lowest BCUT2D eigenvalue weighted by Crippen LogP contribution is -2.27. The summed E-state index contributed by atoms with van der Waals surface area (Å²) < 4.78 is 28.8. The van der Waals surface area contributed by atoms with Crippen LogP contribution in [0.25, 0.3) is 10.9 Å². The van der Waals surface area contributed by atoms with Crippen LogP contribution in [0.1, 0.15) is 22.5 Å². The van der Waals surface area contributed by atoms with Gasteiger partial charge in [0.1, 0.15) is 10.6 Å². The highest BCUT2D eigenvalue weighted by molar-refractivity contribution is 9.10. The normalized spacial score (nSPS) is 11.7. The highest BCUT2D eigenvalue weighted by atomic mass is 79.9. The summed E-state index contributed by atoms with van der Waals surface area (Å²) >= 11 is 3.32. The topological polar surface area (TPSA) is 118 Å². The molecule has 0 aliphatic carbocycles. The van der Waals surface area contributed by atoms with Crippen LogP contribution in [0.15, 0.2) is 52.1 Å². The molecule has 7 nitrogen and oxygen atoms in total. The summed E-state index contributed by atoms with van der Waals surface area (Å²) in [5.41, 5.74) is 6.84. The Bertz CT molecular complexity index is 1050. The number of hydrogen-bond acceptors (Lipinski definition) is 4. The smallest absolute Gasteiger partial charge is 0.266 e. The molecule has 3 aromatic rings. The number of pyridine rings is 1. The molecule has 0 aliphatic heterocycles. The number of amides is 1. The first-order valence-corrected chi connectivity index (χ1v) is 10.2. The number of nitrogens with one attached hydrogen (secondary N) is 2. The first kappa shape index (κ1) is 18.6. The summed E-state index contributed by atoms with van der Waals surface area (Å²) in [4.78, 5) is 18.3. The highest BCUT2D eigenvalue weighted by Gasteiger charge is 2.26. The molecule has 26 heavy (non-hydrogen) atoms. The maximum absolute atomic E-state index is 12.8. The van der Waals surface area contributed by atoms with Crippen molar-refractivity contribution >= 4 is 42.8 Å². The molecule has 4 N–H and O–H groups in total. The molecular weight excluding hydrogens is 420 g/mol. The van der Waals surface area contributed by atoms with Crippen LogP contribution in [0.2, 0.25) is 0 Å². The van der Waals surface area contributed by atoms with Crippen LogP contribution in [-0.4, -0.2) is 30.8 Å². The van der Waals surface area contributed by atoms with Crippen LogP contribution < -0.4 is 10.5 Å². The van der Waals surface area contributed by atoms with Crippen LogP contribution in [0.5, 0.6) is 0 Å². The van der Waals surface area contributed by atoms with Gasteiger partial charge >= 0.3 is 0 Å². The predicted octanol–water partition coefficient (Wildman–Crippen LogP) is 2.34. The van der Waals surface area contributed by atoms with E-state index in [1.54, 1.807) is 30.6 Å². The average molecular weight is 437 g/mol. The van der Waals surface area contributed by atoms with Gasteiger partial charge in [0.2, 0.25) is 10.0 Å². The van der Waals surface area contributed by atoms with Gasteiger partial charge in [-0.25, -0.2) is 13.1 Å². The molecule has 3 rings (SSSR count). The van der Waals surface area contributed by atoms with Crippen molar-refractivity contribution in [3.05, 3.63) is 58.5 Å². The molecule has 0 spiro atoms. The number of rotatable bonds is 7. The van der Waals surface area contributed by atoms with E-state index in [1.807, 2.05) is 12.1 Å². The van der Waals surface area contributed by atoms with Crippen molar-refractivity contribution in [2.24, 2.45) is 5.73 Å². The lowest BCUT2D eigenvalue weighted by atomic mass is 10.1. The second kappa shape index (κ2) is 7.56. The number of benzene rings is 1. The van der Waals surface area contributed by atoms with E-state index < -0.39 is 15.9 Å². The quantitative estimate of drug-likeness (QED) is 0.492. The Morgan fingerprint density at radius 3 is 2.65 bits per heavy atom. The number of primary amides is 1. The molecule has 1 aromatic carbocycles. The largest absolute Gasteiger partial charge is 0.364 e. The molecule has 0 radical (unpaired) electrons. The molecule has 2 aromatic heterocycles. The van der Waals surface area contributed by atoms with Crippen LogP contribution in [0, 0.1) is 0 Å². The monoisotopic (exact) mass is 436 g/mol. The third-order valence-electron chi connectivity index (χ3n) is 3.91. The van der Waals surface area contributed by atoms with Crippen molar-refractivity contribution in [1.82, 2.24) is 14.7 Å². The van der Waals surface area contributed by atoms with E-state index in [-0.39, 0.29) is 17.1 Å². The lowest BCUT2D eigenvalue weighted by Gasteiger charge is -2.08. The summed E-state index contributed by atoms with van der Waals surface area (Å²) in [7, 11) is -3.91. The minimum Gasteiger partial charge on any atom is -0.364 e. The number of carbonyl (C=O) groups excluding carboxylic acids is 1. The second-order valence-corrected chi connectivity index (χ2v) is 8.36. The van der Waals surface area contributed by atoms with Gasteiger partial charge in [-0.05, 0) is 48.7 Å². The van der Waals surface area contributed by atoms with Gasteiger partial charge in [0.25, 0.3) is 5.91 Å². The SMILES string of the molecule is NC(=O)c1[nH]c2ccc(Br)cc2c1S(=O)(=O)NCCCc1ccncc1. The molecule has 0 aliphatic rings. The fourth-order valence-electron chi connectivity index (χ4n) is 2.71. The fraction of sp³-hybridized carbons (Fsp3) is 0.176. The predicted molar refractivity (Wildman–Crippen MR) is 102 cm³/mol. The summed E-state index contributed by atoms with van der Waals surface area (Å²) in [6, 6.07) is 8.86. The second-order valence-electron chi connectivity index (χ2n) is 5.74. The van der Waals surface area contributed by atoms with E-state index in [0.29, 0.717) is 28.2 Å². The number of hydrogen-bond donors (Lipinski definition) is 3. The Morgan fingerprint density at radius 2 is 1.96 bits per heavy atom. The Balaban J connectivity index is 1.83. The van der Waals surface area contributed by atoms with Gasteiger partial charge in [0, 0.05) is 34.3 Å². The number of carbonyl (C=O) groups is 1. The van der Waals surface area contributed by atoms with Crippen LogP contribution >= 0.6 is 15.9 Å². The van der Waals surface area contributed by atoms with Gasteiger partial charge in [-0.2, -0.15) is 0 Å². The molecule has 0 saturated heterocycles. The highest BCUT2D eigenvalue weighted by Crippen LogP contribution is 2.29. The van der Waals surface area contributed by atoms with E-state index in [0.717, 1.165) is 5.56 Å². The zero-order valence-corrected chi connectivity index (χ0v) is 16.1. The third-order valence-corrected chi connectivity index (χ3v) is 5.95. The number of aryl methyl sites for hydroxylation is 1. The number of fused-ring (bicyclic) bond motifs is 1. The zero-order valence-electron chi connectivity index (χ0n) is 13.7. The van der Waals surface area contributed by atoms with Crippen LogP contribution in [-0.2, 0) is 16.4 Å². The minimum atomic E-state index is -3.91. The van der Waals surface area contributed by atoms with Crippen LogP contribution in [0.4, 0.5) is 0 Å². The van der Waals surface area contributed by atoms with Gasteiger partial charge < -0.3 is 10.7 Å². The summed E-state index contributed by atoms with van der Waals surface area (Å²) in [6.45, 7) is 0.240. The Morgan fingerprint density at radius 1 is 1.23 bits per heavy atom. The Hall–Kier alpha value is -2.23. The minimum absolute atomic E-state index is 0.120. The van der Waals surface area contributed by atoms with Crippen LogP contribution in [0.3, 0.4) is 0 Å². The first-order valence-electron chi connectivity index (χ1n) is 7.88. The van der Waals surface area contributed by atoms with E-state index in [9.17, 15) is 13.2 Å². The number of halogens is 1. The maximum atomic E-state index is 12.8. The third kappa shape index (κ3) is 3.95. The number of nitrogens with two attached hydrogens (primary N) is 1. The number of sulfonamides is 1. The zero-order chi connectivity index (χ0) is 18.7. The molecule has 0 atom stereocenters. The average Bonchev–Trinajstić information content (AvgIpc) is 2.99. The van der Waals surface area contributed by atoms with Crippen molar-refractivity contribution in [3.63, 3.8) is 0 Å². The number of aromatic nitrogens is 2. The molecule has 2 heterocycles. The molecule has 0 bridgehead atoms.